The highest BCUT2D eigenvalue weighted by atomic mass is 16.4. The highest BCUT2D eigenvalue weighted by molar-refractivity contribution is 5.98. The highest BCUT2D eigenvalue weighted by Gasteiger charge is 2.20. The third-order valence-corrected chi connectivity index (χ3v) is 2.25. The Balaban J connectivity index is 2.38. The van der Waals surface area contributed by atoms with Gasteiger partial charge in [-0.2, -0.15) is 0 Å². The molecule has 12 heavy (non-hydrogen) atoms. The van der Waals surface area contributed by atoms with Crippen LogP contribution in [-0.2, 0) is 0 Å². The predicted octanol–water partition coefficient (Wildman–Crippen LogP) is 1.42. The van der Waals surface area contributed by atoms with Gasteiger partial charge in [0.2, 0.25) is 0 Å². The van der Waals surface area contributed by atoms with Gasteiger partial charge in [0.05, 0.1) is 16.3 Å². The lowest BCUT2D eigenvalue weighted by atomic mass is 10.1. The Morgan fingerprint density at radius 2 is 2.17 bits per heavy atom. The third-order valence-electron chi connectivity index (χ3n) is 2.25. The van der Waals surface area contributed by atoms with Gasteiger partial charge in [0, 0.05) is 11.1 Å². The van der Waals surface area contributed by atoms with Crippen LogP contribution in [0.1, 0.15) is 10.4 Å². The van der Waals surface area contributed by atoms with Gasteiger partial charge in [-0.25, -0.2) is 4.79 Å². The van der Waals surface area contributed by atoms with Crippen molar-refractivity contribution in [3.63, 3.8) is 0 Å². The Bertz CT molecular complexity index is 553. The second-order valence-electron chi connectivity index (χ2n) is 2.94. The van der Waals surface area contributed by atoms with Gasteiger partial charge >= 0.3 is 5.97 Å². The minimum absolute atomic E-state index is 0.402. The number of H-pyrrole nitrogens is 1. The van der Waals surface area contributed by atoms with Crippen molar-refractivity contribution < 1.29 is 9.90 Å². The number of carboxylic acid groups (broad SMARTS) is 1. The van der Waals surface area contributed by atoms with Gasteiger partial charge in [-0.15, -0.1) is 0 Å². The maximum atomic E-state index is 10.7. The summed E-state index contributed by atoms with van der Waals surface area (Å²) >= 11 is 0. The van der Waals surface area contributed by atoms with Crippen LogP contribution >= 0.6 is 0 Å². The highest BCUT2D eigenvalue weighted by Crippen LogP contribution is 2.33. The molecular formula is C9H5NO2. The number of pyridine rings is 1. The van der Waals surface area contributed by atoms with Crippen molar-refractivity contribution in [1.29, 1.82) is 0 Å². The van der Waals surface area contributed by atoms with Crippen LogP contribution < -0.4 is 0 Å². The summed E-state index contributed by atoms with van der Waals surface area (Å²) in [7, 11) is 0. The van der Waals surface area contributed by atoms with Crippen LogP contribution in [-0.4, -0.2) is 16.1 Å². The molecular weight excluding hydrogens is 154 g/mol. The first-order chi connectivity index (χ1) is 5.77. The first-order valence-electron chi connectivity index (χ1n) is 3.67. The predicted molar refractivity (Wildman–Crippen MR) is 42.0 cm³/mol. The number of aromatic amines is 1. The number of rotatable bonds is 1. The van der Waals surface area contributed by atoms with E-state index in [-0.39, 0.29) is 0 Å². The molecule has 2 N–H and O–H groups in total. The van der Waals surface area contributed by atoms with Crippen LogP contribution in [0.25, 0.3) is 11.1 Å². The largest absolute Gasteiger partial charge is 0.478 e. The molecule has 0 unspecified atom stereocenters. The molecule has 3 rings (SSSR count). The number of nitrogens with one attached hydrogen (secondary N) is 1. The summed E-state index contributed by atoms with van der Waals surface area (Å²) in [6.45, 7) is 0. The molecule has 3 aliphatic rings. The molecule has 0 amide bonds. The first kappa shape index (κ1) is 5.83. The first-order valence-corrected chi connectivity index (χ1v) is 3.67. The number of aromatic carboxylic acids is 1. The van der Waals surface area contributed by atoms with Crippen LogP contribution in [0.5, 0.6) is 0 Å². The molecule has 0 saturated carbocycles. The Morgan fingerprint density at radius 1 is 1.33 bits per heavy atom. The zero-order valence-electron chi connectivity index (χ0n) is 6.09. The molecule has 1 aliphatic heterocycles. The van der Waals surface area contributed by atoms with Crippen LogP contribution in [0.3, 0.4) is 0 Å². The van der Waals surface area contributed by atoms with Gasteiger partial charge in [-0.1, -0.05) is 6.07 Å². The van der Waals surface area contributed by atoms with Crippen LogP contribution in [0.15, 0.2) is 18.2 Å². The number of aromatic nitrogens is 1. The summed E-state index contributed by atoms with van der Waals surface area (Å²) in [6, 6.07) is 5.37. The molecule has 1 heterocycles. The quantitative estimate of drug-likeness (QED) is 0.564. The normalized spacial score (nSPS) is 12.0. The topological polar surface area (TPSA) is 53.1 Å². The van der Waals surface area contributed by atoms with Gasteiger partial charge in [-0.05, 0) is 12.1 Å². The van der Waals surface area contributed by atoms with E-state index in [9.17, 15) is 4.79 Å². The van der Waals surface area contributed by atoms with E-state index < -0.39 is 5.97 Å². The van der Waals surface area contributed by atoms with Crippen LogP contribution in [0.2, 0.25) is 0 Å². The van der Waals surface area contributed by atoms with Gasteiger partial charge < -0.3 is 10.1 Å². The van der Waals surface area contributed by atoms with Crippen molar-refractivity contribution in [2.45, 2.75) is 0 Å². The molecule has 0 aromatic carbocycles. The second kappa shape index (κ2) is 1.53. The Morgan fingerprint density at radius 3 is 2.92 bits per heavy atom. The lowest BCUT2D eigenvalue weighted by Gasteiger charge is -1.91. The average Bonchev–Trinajstić information content (AvgIpc) is 2.54. The summed E-state index contributed by atoms with van der Waals surface area (Å²) in [5.74, 6) is -0.852. The molecule has 0 radical (unpaired) electrons. The Labute approximate surface area is 67.3 Å². The number of carboxylic acids is 1. The molecule has 0 saturated heterocycles. The summed E-state index contributed by atoms with van der Waals surface area (Å²) in [5.41, 5.74) is 2.28. The molecule has 0 bridgehead atoms. The van der Waals surface area contributed by atoms with Crippen molar-refractivity contribution in [3.8, 4) is 11.1 Å². The third kappa shape index (κ3) is 0.504. The van der Waals surface area contributed by atoms with Crippen molar-refractivity contribution in [2.24, 2.45) is 0 Å². The fourth-order valence-corrected chi connectivity index (χ4v) is 1.62. The summed E-state index contributed by atoms with van der Waals surface area (Å²) in [5, 5.41) is 10.9. The van der Waals surface area contributed by atoms with Crippen LogP contribution in [0.4, 0.5) is 0 Å². The van der Waals surface area contributed by atoms with Gasteiger partial charge in [-0.3, -0.25) is 0 Å². The number of hydrogen-bond acceptors (Lipinski definition) is 1. The summed E-state index contributed by atoms with van der Waals surface area (Å²) < 4.78 is 0. The molecule has 0 fully saturated rings. The smallest absolute Gasteiger partial charge is 0.336 e. The van der Waals surface area contributed by atoms with Crippen molar-refractivity contribution in [3.05, 3.63) is 34.5 Å². The van der Waals surface area contributed by atoms with Gasteiger partial charge in [0.15, 0.2) is 0 Å². The number of fused-ring (bicyclic) bond motifs is 2. The Kier molecular flexibility index (Phi) is 0.742. The van der Waals surface area contributed by atoms with E-state index in [0.29, 0.717) is 5.56 Å². The van der Waals surface area contributed by atoms with Crippen molar-refractivity contribution in [1.82, 2.24) is 4.98 Å². The molecule has 3 nitrogen and oxygen atoms in total. The van der Waals surface area contributed by atoms with Crippen LogP contribution in [0, 0.1) is 10.7 Å². The number of carbonyl (C=O) groups is 1. The fourth-order valence-electron chi connectivity index (χ4n) is 1.62. The number of hydrogen-bond donors (Lipinski definition) is 2. The molecule has 0 spiro atoms. The van der Waals surface area contributed by atoms with E-state index in [4.69, 9.17) is 5.11 Å². The minimum Gasteiger partial charge on any atom is -0.478 e. The standard InChI is InChI=1S/C9H5NO2/c11-9(12)5-2-1-4-6(5)3-7-8(4)10-7/h1-3,10H,(H,11,12). The molecule has 2 aliphatic carbocycles. The molecule has 0 atom stereocenters. The van der Waals surface area contributed by atoms with E-state index >= 15 is 0 Å². The maximum absolute atomic E-state index is 10.7. The molecule has 0 aromatic rings. The van der Waals surface area contributed by atoms with E-state index in [1.807, 2.05) is 12.1 Å². The molecule has 3 heteroatoms. The van der Waals surface area contributed by atoms with Gasteiger partial charge in [0.25, 0.3) is 0 Å². The zero-order chi connectivity index (χ0) is 8.29. The SMILES string of the molecule is O=C(O)c1ccc2c3[nH]c=3cc1-2. The fraction of sp³-hybridized carbons (Fsp3) is 0. The lowest BCUT2D eigenvalue weighted by molar-refractivity contribution is 0.0698. The average molecular weight is 159 g/mol. The lowest BCUT2D eigenvalue weighted by Crippen LogP contribution is -1.94. The minimum atomic E-state index is -0.852. The molecule has 58 valence electrons. The summed E-state index contributed by atoms with van der Waals surface area (Å²) in [6.07, 6.45) is 0. The second-order valence-corrected chi connectivity index (χ2v) is 2.94. The Hall–Kier alpha value is -1.77. The monoisotopic (exact) mass is 159 g/mol. The van der Waals surface area contributed by atoms with E-state index in [2.05, 4.69) is 4.98 Å². The zero-order valence-corrected chi connectivity index (χ0v) is 6.09. The van der Waals surface area contributed by atoms with E-state index in [0.717, 1.165) is 21.8 Å². The maximum Gasteiger partial charge on any atom is 0.336 e. The summed E-state index contributed by atoms with van der Waals surface area (Å²) in [4.78, 5) is 13.7. The van der Waals surface area contributed by atoms with Gasteiger partial charge in [0.1, 0.15) is 0 Å². The van der Waals surface area contributed by atoms with Crippen molar-refractivity contribution >= 4 is 5.97 Å². The van der Waals surface area contributed by atoms with E-state index in [1.54, 1.807) is 6.07 Å². The molecule has 0 aromatic heterocycles. The van der Waals surface area contributed by atoms with Crippen molar-refractivity contribution in [2.75, 3.05) is 0 Å². The van der Waals surface area contributed by atoms with E-state index in [1.165, 1.54) is 0 Å².